The molecule has 0 amide bonds. The number of nitrogen functional groups attached to an aromatic ring is 1. The van der Waals surface area contributed by atoms with Gasteiger partial charge >= 0.3 is 0 Å². The van der Waals surface area contributed by atoms with Crippen molar-refractivity contribution in [3.63, 3.8) is 0 Å². The van der Waals surface area contributed by atoms with Crippen LogP contribution in [0.15, 0.2) is 73.1 Å². The minimum atomic E-state index is 0.413. The molecule has 7 nitrogen and oxygen atoms in total. The van der Waals surface area contributed by atoms with E-state index in [2.05, 4.69) is 20.4 Å². The van der Waals surface area contributed by atoms with Crippen molar-refractivity contribution in [3.8, 4) is 16.9 Å². The summed E-state index contributed by atoms with van der Waals surface area (Å²) >= 11 is 12.3. The van der Waals surface area contributed by atoms with Crippen LogP contribution in [0.25, 0.3) is 28.0 Å². The molecule has 32 heavy (non-hydrogen) atoms. The third-order valence-electron chi connectivity index (χ3n) is 4.94. The minimum absolute atomic E-state index is 0.413. The molecule has 5 aromatic rings. The van der Waals surface area contributed by atoms with Crippen molar-refractivity contribution < 1.29 is 0 Å². The zero-order chi connectivity index (χ0) is 22.1. The van der Waals surface area contributed by atoms with Crippen molar-refractivity contribution in [2.75, 3.05) is 11.1 Å². The van der Waals surface area contributed by atoms with Crippen molar-refractivity contribution in [2.45, 2.75) is 6.54 Å². The number of anilines is 2. The van der Waals surface area contributed by atoms with Crippen LogP contribution in [0.3, 0.4) is 0 Å². The summed E-state index contributed by atoms with van der Waals surface area (Å²) in [6.45, 7) is 0.524. The molecule has 9 heteroatoms. The number of nitrogens with one attached hydrogen (secondary N) is 1. The smallest absolute Gasteiger partial charge is 0.225 e. The van der Waals surface area contributed by atoms with E-state index in [4.69, 9.17) is 33.9 Å². The van der Waals surface area contributed by atoms with Gasteiger partial charge in [0.1, 0.15) is 5.82 Å². The summed E-state index contributed by atoms with van der Waals surface area (Å²) in [5.41, 5.74) is 10.3. The summed E-state index contributed by atoms with van der Waals surface area (Å²) in [6, 6.07) is 18.9. The first-order chi connectivity index (χ1) is 15.6. The largest absolute Gasteiger partial charge is 0.383 e. The van der Waals surface area contributed by atoms with Gasteiger partial charge in [-0.1, -0.05) is 59.6 Å². The molecule has 3 aromatic heterocycles. The number of aromatic nitrogens is 5. The summed E-state index contributed by atoms with van der Waals surface area (Å²) in [5, 5.41) is 9.43. The van der Waals surface area contributed by atoms with Gasteiger partial charge in [-0.2, -0.15) is 4.98 Å². The Hall–Kier alpha value is -3.68. The molecular weight excluding hydrogens is 445 g/mol. The molecule has 0 aliphatic rings. The molecule has 0 saturated carbocycles. The van der Waals surface area contributed by atoms with Crippen molar-refractivity contribution in [1.82, 2.24) is 24.7 Å². The van der Waals surface area contributed by atoms with Crippen molar-refractivity contribution >= 4 is 46.0 Å². The zero-order valence-corrected chi connectivity index (χ0v) is 18.2. The van der Waals surface area contributed by atoms with Crippen LogP contribution in [0.2, 0.25) is 10.0 Å². The average molecular weight is 462 g/mol. The Morgan fingerprint density at radius 1 is 0.938 bits per heavy atom. The second-order valence-corrected chi connectivity index (χ2v) is 7.89. The minimum Gasteiger partial charge on any atom is -0.383 e. The van der Waals surface area contributed by atoms with Gasteiger partial charge in [-0.05, 0) is 29.8 Å². The monoisotopic (exact) mass is 461 g/mol. The van der Waals surface area contributed by atoms with Crippen LogP contribution in [0.4, 0.5) is 11.8 Å². The fourth-order valence-corrected chi connectivity index (χ4v) is 3.69. The molecule has 0 atom stereocenters. The number of fused-ring (bicyclic) bond motifs is 1. The maximum atomic E-state index is 6.53. The Balaban J connectivity index is 1.65. The lowest BCUT2D eigenvalue weighted by Gasteiger charge is -2.08. The van der Waals surface area contributed by atoms with Gasteiger partial charge < -0.3 is 11.1 Å². The molecule has 0 aliphatic carbocycles. The lowest BCUT2D eigenvalue weighted by Crippen LogP contribution is -2.05. The van der Waals surface area contributed by atoms with E-state index >= 15 is 0 Å². The molecule has 0 aliphatic heterocycles. The Morgan fingerprint density at radius 3 is 2.53 bits per heavy atom. The van der Waals surface area contributed by atoms with E-state index in [9.17, 15) is 0 Å². The lowest BCUT2D eigenvalue weighted by molar-refractivity contribution is 0.899. The van der Waals surface area contributed by atoms with E-state index in [0.717, 1.165) is 11.1 Å². The second-order valence-electron chi connectivity index (χ2n) is 7.07. The maximum absolute atomic E-state index is 6.53. The maximum Gasteiger partial charge on any atom is 0.225 e. The van der Waals surface area contributed by atoms with Gasteiger partial charge in [-0.25, -0.2) is 9.67 Å². The number of halogens is 2. The normalized spacial score (nSPS) is 11.1. The molecule has 0 fully saturated rings. The molecule has 2 aromatic carbocycles. The van der Waals surface area contributed by atoms with Crippen molar-refractivity contribution in [1.29, 1.82) is 0 Å². The summed E-state index contributed by atoms with van der Waals surface area (Å²) in [7, 11) is 0. The molecule has 0 unspecified atom stereocenters. The van der Waals surface area contributed by atoms with Crippen LogP contribution >= 0.6 is 23.2 Å². The highest BCUT2D eigenvalue weighted by Gasteiger charge is 2.19. The van der Waals surface area contributed by atoms with Crippen LogP contribution in [0, 0.1) is 0 Å². The standard InChI is InChI=1S/C23H17Cl2N7/c24-17-9-8-16(11-18(17)25)32-21(26)19-20(15-6-2-1-3-7-15)29-23(30-22(19)31-32)28-13-14-5-4-10-27-12-14/h1-12H,13,26H2,(H,28,30,31). The van der Waals surface area contributed by atoms with E-state index in [1.54, 1.807) is 35.3 Å². The number of hydrogen-bond donors (Lipinski definition) is 2. The van der Waals surface area contributed by atoms with Gasteiger partial charge in [-0.3, -0.25) is 4.98 Å². The van der Waals surface area contributed by atoms with Gasteiger partial charge in [0.25, 0.3) is 0 Å². The number of hydrogen-bond acceptors (Lipinski definition) is 6. The third kappa shape index (κ3) is 3.84. The molecule has 3 heterocycles. The van der Waals surface area contributed by atoms with Crippen LogP contribution in [-0.2, 0) is 6.54 Å². The van der Waals surface area contributed by atoms with Crippen LogP contribution < -0.4 is 11.1 Å². The second kappa shape index (κ2) is 8.45. The highest BCUT2D eigenvalue weighted by Crippen LogP contribution is 2.34. The van der Waals surface area contributed by atoms with Gasteiger partial charge in [0.05, 0.1) is 26.8 Å². The van der Waals surface area contributed by atoms with E-state index in [0.29, 0.717) is 50.8 Å². The predicted octanol–water partition coefficient (Wildman–Crippen LogP) is 5.38. The molecule has 3 N–H and O–H groups in total. The number of rotatable bonds is 5. The molecule has 0 radical (unpaired) electrons. The van der Waals surface area contributed by atoms with Crippen molar-refractivity contribution in [3.05, 3.63) is 88.7 Å². The highest BCUT2D eigenvalue weighted by atomic mass is 35.5. The van der Waals surface area contributed by atoms with Crippen LogP contribution in [0.1, 0.15) is 5.56 Å². The Labute approximate surface area is 193 Å². The summed E-state index contributed by atoms with van der Waals surface area (Å²) in [4.78, 5) is 13.5. The molecule has 158 valence electrons. The van der Waals surface area contributed by atoms with Crippen LogP contribution in [0.5, 0.6) is 0 Å². The SMILES string of the molecule is Nc1c2c(-c3ccccc3)nc(NCc3cccnc3)nc2nn1-c1ccc(Cl)c(Cl)c1. The Kier molecular flexibility index (Phi) is 5.34. The molecule has 0 saturated heterocycles. The van der Waals surface area contributed by atoms with Gasteiger partial charge in [0.2, 0.25) is 5.95 Å². The molecule has 0 spiro atoms. The average Bonchev–Trinajstić information content (AvgIpc) is 3.16. The first kappa shape index (κ1) is 20.2. The lowest BCUT2D eigenvalue weighted by atomic mass is 10.1. The highest BCUT2D eigenvalue weighted by molar-refractivity contribution is 6.42. The molecular formula is C23H17Cl2N7. The Morgan fingerprint density at radius 2 is 1.78 bits per heavy atom. The summed E-state index contributed by atoms with van der Waals surface area (Å²) in [5.74, 6) is 0.857. The first-order valence-electron chi connectivity index (χ1n) is 9.80. The molecule has 5 rings (SSSR count). The van der Waals surface area contributed by atoms with Gasteiger partial charge in [0, 0.05) is 24.5 Å². The van der Waals surface area contributed by atoms with Gasteiger partial charge in [-0.15, -0.1) is 5.10 Å². The fourth-order valence-electron chi connectivity index (χ4n) is 3.39. The third-order valence-corrected chi connectivity index (χ3v) is 5.68. The van der Waals surface area contributed by atoms with E-state index in [-0.39, 0.29) is 0 Å². The van der Waals surface area contributed by atoms with Gasteiger partial charge in [0.15, 0.2) is 5.65 Å². The van der Waals surface area contributed by atoms with Crippen LogP contribution in [-0.4, -0.2) is 24.7 Å². The fraction of sp³-hybridized carbons (Fsp3) is 0.0435. The first-order valence-corrected chi connectivity index (χ1v) is 10.6. The molecule has 0 bridgehead atoms. The summed E-state index contributed by atoms with van der Waals surface area (Å²) < 4.78 is 1.60. The van der Waals surface area contributed by atoms with E-state index in [1.807, 2.05) is 42.5 Å². The van der Waals surface area contributed by atoms with Crippen molar-refractivity contribution in [2.24, 2.45) is 0 Å². The number of nitrogens with zero attached hydrogens (tertiary/aromatic N) is 5. The number of nitrogens with two attached hydrogens (primary N) is 1. The van der Waals surface area contributed by atoms with E-state index in [1.165, 1.54) is 0 Å². The Bertz CT molecular complexity index is 1400. The van der Waals surface area contributed by atoms with E-state index < -0.39 is 0 Å². The summed E-state index contributed by atoms with van der Waals surface area (Å²) in [6.07, 6.45) is 3.53. The predicted molar refractivity (Wildman–Crippen MR) is 128 cm³/mol. The quantitative estimate of drug-likeness (QED) is 0.364. The topological polar surface area (TPSA) is 94.5 Å². The number of benzene rings is 2. The zero-order valence-electron chi connectivity index (χ0n) is 16.7. The number of pyridine rings is 1.